The lowest BCUT2D eigenvalue weighted by molar-refractivity contribution is 0.0168. The largest absolute Gasteiger partial charge is 0.384 e. The van der Waals surface area contributed by atoms with Crippen LogP contribution in [0, 0.1) is 5.41 Å². The van der Waals surface area contributed by atoms with Gasteiger partial charge in [-0.05, 0) is 34.7 Å². The molecule has 1 aliphatic rings. The van der Waals surface area contributed by atoms with Crippen molar-refractivity contribution in [3.05, 3.63) is 21.9 Å². The molecule has 1 aromatic heterocycles. The standard InChI is InChI=1S/C11H16O2S/c1-12-7-11(8-13-2)3-9-5-14-6-10(9)4-11/h5-6H,3-4,7-8H2,1-2H3. The third kappa shape index (κ3) is 1.72. The Morgan fingerprint density at radius 1 is 1.14 bits per heavy atom. The van der Waals surface area contributed by atoms with Gasteiger partial charge in [0, 0.05) is 19.6 Å². The summed E-state index contributed by atoms with van der Waals surface area (Å²) in [5.41, 5.74) is 3.18. The lowest BCUT2D eigenvalue weighted by Gasteiger charge is -2.27. The molecule has 0 aliphatic heterocycles. The quantitative estimate of drug-likeness (QED) is 0.761. The first-order valence-corrected chi connectivity index (χ1v) is 5.76. The summed E-state index contributed by atoms with van der Waals surface area (Å²) >= 11 is 1.80. The van der Waals surface area contributed by atoms with Gasteiger partial charge in [-0.25, -0.2) is 0 Å². The van der Waals surface area contributed by atoms with Gasteiger partial charge in [0.1, 0.15) is 0 Å². The van der Waals surface area contributed by atoms with Crippen LogP contribution in [0.4, 0.5) is 0 Å². The normalized spacial score (nSPS) is 18.4. The molecule has 78 valence electrons. The average molecular weight is 212 g/mol. The monoisotopic (exact) mass is 212 g/mol. The zero-order valence-electron chi connectivity index (χ0n) is 8.71. The minimum atomic E-state index is 0.197. The van der Waals surface area contributed by atoms with Gasteiger partial charge in [-0.1, -0.05) is 0 Å². The molecule has 0 saturated heterocycles. The minimum absolute atomic E-state index is 0.197. The second-order valence-electron chi connectivity index (χ2n) is 4.14. The second-order valence-corrected chi connectivity index (χ2v) is 4.89. The Bertz CT molecular complexity index is 277. The summed E-state index contributed by atoms with van der Waals surface area (Å²) in [6, 6.07) is 0. The Hall–Kier alpha value is -0.380. The van der Waals surface area contributed by atoms with Crippen molar-refractivity contribution in [3.8, 4) is 0 Å². The molecule has 1 aliphatic carbocycles. The molecule has 1 heterocycles. The smallest absolute Gasteiger partial charge is 0.0547 e. The van der Waals surface area contributed by atoms with E-state index in [-0.39, 0.29) is 5.41 Å². The fourth-order valence-corrected chi connectivity index (χ4v) is 3.25. The predicted octanol–water partition coefficient (Wildman–Crippen LogP) is 2.13. The molecule has 0 spiro atoms. The molecule has 14 heavy (non-hydrogen) atoms. The predicted molar refractivity (Wildman–Crippen MR) is 57.9 cm³/mol. The molecular weight excluding hydrogens is 196 g/mol. The van der Waals surface area contributed by atoms with Crippen LogP contribution in [0.1, 0.15) is 11.1 Å². The highest BCUT2D eigenvalue weighted by Crippen LogP contribution is 2.39. The Labute approximate surface area is 88.8 Å². The van der Waals surface area contributed by atoms with Gasteiger partial charge < -0.3 is 9.47 Å². The molecule has 0 fully saturated rings. The molecule has 2 rings (SSSR count). The number of thiophene rings is 1. The zero-order valence-corrected chi connectivity index (χ0v) is 9.52. The van der Waals surface area contributed by atoms with Crippen molar-refractivity contribution in [2.24, 2.45) is 5.41 Å². The molecule has 0 radical (unpaired) electrons. The molecular formula is C11H16O2S. The minimum Gasteiger partial charge on any atom is -0.384 e. The molecule has 2 nitrogen and oxygen atoms in total. The maximum Gasteiger partial charge on any atom is 0.0547 e. The lowest BCUT2D eigenvalue weighted by atomic mass is 9.87. The number of hydrogen-bond acceptors (Lipinski definition) is 3. The molecule has 0 saturated carbocycles. The number of fused-ring (bicyclic) bond motifs is 1. The van der Waals surface area contributed by atoms with Crippen molar-refractivity contribution >= 4 is 11.3 Å². The third-order valence-electron chi connectivity index (χ3n) is 2.87. The van der Waals surface area contributed by atoms with Crippen LogP contribution in [0.2, 0.25) is 0 Å². The summed E-state index contributed by atoms with van der Waals surface area (Å²) in [6.07, 6.45) is 2.21. The van der Waals surface area contributed by atoms with Crippen molar-refractivity contribution in [1.82, 2.24) is 0 Å². The molecule has 0 atom stereocenters. The highest BCUT2D eigenvalue weighted by Gasteiger charge is 2.37. The molecule has 0 amide bonds. The third-order valence-corrected chi connectivity index (χ3v) is 3.71. The SMILES string of the molecule is COCC1(COC)Cc2cscc2C1. The Morgan fingerprint density at radius 3 is 2.07 bits per heavy atom. The van der Waals surface area contributed by atoms with Crippen LogP contribution in [0.25, 0.3) is 0 Å². The van der Waals surface area contributed by atoms with E-state index in [1.807, 2.05) is 0 Å². The van der Waals surface area contributed by atoms with Crippen LogP contribution in [0.3, 0.4) is 0 Å². The van der Waals surface area contributed by atoms with Crippen LogP contribution in [-0.4, -0.2) is 27.4 Å². The number of hydrogen-bond donors (Lipinski definition) is 0. The maximum atomic E-state index is 5.31. The molecule has 0 aromatic carbocycles. The average Bonchev–Trinajstić information content (AvgIpc) is 2.63. The van der Waals surface area contributed by atoms with Crippen molar-refractivity contribution < 1.29 is 9.47 Å². The Balaban J connectivity index is 2.13. The topological polar surface area (TPSA) is 18.5 Å². The van der Waals surface area contributed by atoms with Crippen molar-refractivity contribution in [2.45, 2.75) is 12.8 Å². The lowest BCUT2D eigenvalue weighted by Crippen LogP contribution is -2.32. The first-order valence-electron chi connectivity index (χ1n) is 4.81. The van der Waals surface area contributed by atoms with Crippen LogP contribution >= 0.6 is 11.3 Å². The van der Waals surface area contributed by atoms with Crippen LogP contribution in [0.15, 0.2) is 10.8 Å². The van der Waals surface area contributed by atoms with Gasteiger partial charge in [0.25, 0.3) is 0 Å². The number of ether oxygens (including phenoxy) is 2. The van der Waals surface area contributed by atoms with E-state index < -0.39 is 0 Å². The highest BCUT2D eigenvalue weighted by molar-refractivity contribution is 7.08. The van der Waals surface area contributed by atoms with E-state index in [9.17, 15) is 0 Å². The van der Waals surface area contributed by atoms with Crippen molar-refractivity contribution in [3.63, 3.8) is 0 Å². The van der Waals surface area contributed by atoms with Crippen LogP contribution < -0.4 is 0 Å². The molecule has 0 unspecified atom stereocenters. The van der Waals surface area contributed by atoms with Gasteiger partial charge >= 0.3 is 0 Å². The Kier molecular flexibility index (Phi) is 2.91. The first kappa shape index (κ1) is 10.1. The second kappa shape index (κ2) is 4.01. The molecule has 3 heteroatoms. The fourth-order valence-electron chi connectivity index (χ4n) is 2.39. The highest BCUT2D eigenvalue weighted by atomic mass is 32.1. The number of rotatable bonds is 4. The Morgan fingerprint density at radius 2 is 1.64 bits per heavy atom. The van der Waals surface area contributed by atoms with Gasteiger partial charge in [0.05, 0.1) is 13.2 Å². The maximum absolute atomic E-state index is 5.31. The van der Waals surface area contributed by atoms with Crippen molar-refractivity contribution in [2.75, 3.05) is 27.4 Å². The zero-order chi connectivity index (χ0) is 10.0. The van der Waals surface area contributed by atoms with E-state index in [0.717, 1.165) is 26.1 Å². The van der Waals surface area contributed by atoms with E-state index in [2.05, 4.69) is 10.8 Å². The van der Waals surface area contributed by atoms with Crippen molar-refractivity contribution in [1.29, 1.82) is 0 Å². The molecule has 0 bridgehead atoms. The fraction of sp³-hybridized carbons (Fsp3) is 0.636. The first-order chi connectivity index (χ1) is 6.79. The number of methoxy groups -OCH3 is 2. The van der Waals surface area contributed by atoms with Crippen LogP contribution in [-0.2, 0) is 22.3 Å². The summed E-state index contributed by atoms with van der Waals surface area (Å²) < 4.78 is 10.6. The van der Waals surface area contributed by atoms with Gasteiger partial charge in [-0.3, -0.25) is 0 Å². The van der Waals surface area contributed by atoms with E-state index in [0.29, 0.717) is 0 Å². The summed E-state index contributed by atoms with van der Waals surface area (Å²) in [5, 5.41) is 4.50. The van der Waals surface area contributed by atoms with E-state index >= 15 is 0 Å². The summed E-state index contributed by atoms with van der Waals surface area (Å²) in [6.45, 7) is 1.58. The van der Waals surface area contributed by atoms with Gasteiger partial charge in [0.2, 0.25) is 0 Å². The van der Waals surface area contributed by atoms with Gasteiger partial charge in [-0.15, -0.1) is 0 Å². The van der Waals surface area contributed by atoms with Gasteiger partial charge in [0.15, 0.2) is 0 Å². The molecule has 0 N–H and O–H groups in total. The van der Waals surface area contributed by atoms with Gasteiger partial charge in [-0.2, -0.15) is 11.3 Å². The van der Waals surface area contributed by atoms with E-state index in [1.54, 1.807) is 25.6 Å². The molecule has 1 aromatic rings. The van der Waals surface area contributed by atoms with E-state index in [4.69, 9.17) is 9.47 Å². The summed E-state index contributed by atoms with van der Waals surface area (Å²) in [5.74, 6) is 0. The summed E-state index contributed by atoms with van der Waals surface area (Å²) in [4.78, 5) is 0. The van der Waals surface area contributed by atoms with E-state index in [1.165, 1.54) is 11.1 Å². The van der Waals surface area contributed by atoms with Crippen LogP contribution in [0.5, 0.6) is 0 Å². The summed E-state index contributed by atoms with van der Waals surface area (Å²) in [7, 11) is 3.53.